The zero-order valence-electron chi connectivity index (χ0n) is 10.2. The van der Waals surface area contributed by atoms with Gasteiger partial charge in [0, 0.05) is 20.1 Å². The molecule has 2 heterocycles. The summed E-state index contributed by atoms with van der Waals surface area (Å²) in [5, 5.41) is 7.38. The highest BCUT2D eigenvalue weighted by Crippen LogP contribution is 2.16. The number of hydrogen-bond acceptors (Lipinski definition) is 6. The first kappa shape index (κ1) is 13.0. The molecule has 7 heteroatoms. The van der Waals surface area contributed by atoms with Gasteiger partial charge in [0.05, 0.1) is 0 Å². The molecule has 96 valence electrons. The van der Waals surface area contributed by atoms with Gasteiger partial charge in [-0.3, -0.25) is 0 Å². The van der Waals surface area contributed by atoms with Crippen LogP contribution in [0.25, 0.3) is 0 Å². The fourth-order valence-corrected chi connectivity index (χ4v) is 2.29. The number of hydrogen-bond donors (Lipinski definition) is 1. The largest absolute Gasteiger partial charge is 0.354 e. The topological polar surface area (TPSA) is 53.9 Å². The van der Waals surface area contributed by atoms with Gasteiger partial charge in [-0.2, -0.15) is 26.3 Å². The molecule has 0 saturated heterocycles. The molecule has 2 rings (SSSR count). The second kappa shape index (κ2) is 5.97. The summed E-state index contributed by atoms with van der Waals surface area (Å²) in [6.07, 6.45) is 0. The third kappa shape index (κ3) is 3.30. The van der Waals surface area contributed by atoms with Crippen LogP contribution in [0.2, 0.25) is 5.28 Å². The van der Waals surface area contributed by atoms with E-state index in [1.165, 1.54) is 5.56 Å². The van der Waals surface area contributed by atoms with E-state index >= 15 is 0 Å². The Morgan fingerprint density at radius 3 is 2.89 bits per heavy atom. The summed E-state index contributed by atoms with van der Waals surface area (Å²) in [6, 6.07) is 2.08. The van der Waals surface area contributed by atoms with E-state index in [-0.39, 0.29) is 5.28 Å². The van der Waals surface area contributed by atoms with Crippen molar-refractivity contribution < 1.29 is 0 Å². The van der Waals surface area contributed by atoms with Crippen LogP contribution in [-0.2, 0) is 6.54 Å². The monoisotopic (exact) mass is 283 g/mol. The first-order chi connectivity index (χ1) is 8.69. The zero-order chi connectivity index (χ0) is 13.0. The molecule has 0 fully saturated rings. The van der Waals surface area contributed by atoms with Crippen molar-refractivity contribution in [3.63, 3.8) is 0 Å². The fraction of sp³-hybridized carbons (Fsp3) is 0.364. The molecular weight excluding hydrogens is 270 g/mol. The summed E-state index contributed by atoms with van der Waals surface area (Å²) in [5.41, 5.74) is 1.23. The van der Waals surface area contributed by atoms with Crippen LogP contribution in [-0.4, -0.2) is 28.5 Å². The van der Waals surface area contributed by atoms with Crippen molar-refractivity contribution in [1.29, 1.82) is 0 Å². The van der Waals surface area contributed by atoms with E-state index in [9.17, 15) is 0 Å². The number of anilines is 2. The van der Waals surface area contributed by atoms with Crippen molar-refractivity contribution >= 4 is 34.8 Å². The molecule has 2 aromatic rings. The third-order valence-corrected chi connectivity index (χ3v) is 3.17. The lowest BCUT2D eigenvalue weighted by Crippen LogP contribution is -2.20. The van der Waals surface area contributed by atoms with Crippen molar-refractivity contribution in [2.24, 2.45) is 0 Å². The molecule has 5 nitrogen and oxygen atoms in total. The molecular formula is C11H14ClN5S. The van der Waals surface area contributed by atoms with Crippen molar-refractivity contribution in [2.75, 3.05) is 23.8 Å². The minimum absolute atomic E-state index is 0.202. The summed E-state index contributed by atoms with van der Waals surface area (Å²) in [4.78, 5) is 14.4. The molecule has 2 aromatic heterocycles. The second-order valence-electron chi connectivity index (χ2n) is 3.75. The van der Waals surface area contributed by atoms with Gasteiger partial charge in [0.15, 0.2) is 0 Å². The standard InChI is InChI=1S/C11H14ClN5S/c1-3-13-10-14-9(12)15-11(16-10)17(2)6-8-4-5-18-7-8/h4-5,7H,3,6H2,1-2H3,(H,13,14,15,16). The first-order valence-corrected chi connectivity index (χ1v) is 6.88. The highest BCUT2D eigenvalue weighted by atomic mass is 35.5. The Kier molecular flexibility index (Phi) is 4.33. The van der Waals surface area contributed by atoms with E-state index in [1.54, 1.807) is 11.3 Å². The Morgan fingerprint density at radius 2 is 2.22 bits per heavy atom. The van der Waals surface area contributed by atoms with Crippen LogP contribution in [0.5, 0.6) is 0 Å². The summed E-state index contributed by atoms with van der Waals surface area (Å²) in [6.45, 7) is 3.47. The minimum Gasteiger partial charge on any atom is -0.354 e. The summed E-state index contributed by atoms with van der Waals surface area (Å²) in [7, 11) is 1.93. The lowest BCUT2D eigenvalue weighted by molar-refractivity contribution is 0.854. The molecule has 0 aliphatic carbocycles. The third-order valence-electron chi connectivity index (χ3n) is 2.27. The molecule has 0 saturated carbocycles. The van der Waals surface area contributed by atoms with Crippen LogP contribution in [0.15, 0.2) is 16.8 Å². The van der Waals surface area contributed by atoms with Gasteiger partial charge in [-0.05, 0) is 40.9 Å². The second-order valence-corrected chi connectivity index (χ2v) is 4.86. The Balaban J connectivity index is 2.16. The van der Waals surface area contributed by atoms with Gasteiger partial charge < -0.3 is 10.2 Å². The highest BCUT2D eigenvalue weighted by Gasteiger charge is 2.09. The van der Waals surface area contributed by atoms with Crippen molar-refractivity contribution in [3.8, 4) is 0 Å². The number of rotatable bonds is 5. The van der Waals surface area contributed by atoms with Gasteiger partial charge in [-0.25, -0.2) is 0 Å². The number of aromatic nitrogens is 3. The van der Waals surface area contributed by atoms with Crippen molar-refractivity contribution in [3.05, 3.63) is 27.7 Å². The average molecular weight is 284 g/mol. The summed E-state index contributed by atoms with van der Waals surface area (Å²) < 4.78 is 0. The zero-order valence-corrected chi connectivity index (χ0v) is 11.8. The summed E-state index contributed by atoms with van der Waals surface area (Å²) >= 11 is 7.56. The molecule has 0 aliphatic heterocycles. The Morgan fingerprint density at radius 1 is 1.39 bits per heavy atom. The van der Waals surface area contributed by atoms with E-state index in [1.807, 2.05) is 24.3 Å². The van der Waals surface area contributed by atoms with E-state index < -0.39 is 0 Å². The number of nitrogens with zero attached hydrogens (tertiary/aromatic N) is 4. The molecule has 1 N–H and O–H groups in total. The molecule has 0 radical (unpaired) electrons. The lowest BCUT2D eigenvalue weighted by atomic mass is 10.3. The van der Waals surface area contributed by atoms with Gasteiger partial charge in [0.1, 0.15) is 0 Å². The van der Waals surface area contributed by atoms with Crippen LogP contribution in [0, 0.1) is 0 Å². The molecule has 0 aromatic carbocycles. The van der Waals surface area contributed by atoms with E-state index in [0.29, 0.717) is 11.9 Å². The molecule has 0 amide bonds. The average Bonchev–Trinajstić information content (AvgIpc) is 2.81. The maximum absolute atomic E-state index is 5.88. The number of nitrogens with one attached hydrogen (secondary N) is 1. The summed E-state index contributed by atoms with van der Waals surface area (Å²) in [5.74, 6) is 1.07. The lowest BCUT2D eigenvalue weighted by Gasteiger charge is -2.16. The molecule has 0 aliphatic rings. The highest BCUT2D eigenvalue weighted by molar-refractivity contribution is 7.07. The predicted molar refractivity (Wildman–Crippen MR) is 75.4 cm³/mol. The van der Waals surface area contributed by atoms with E-state index in [2.05, 4.69) is 31.7 Å². The fourth-order valence-electron chi connectivity index (χ4n) is 1.47. The molecule has 0 bridgehead atoms. The van der Waals surface area contributed by atoms with Crippen molar-refractivity contribution in [2.45, 2.75) is 13.5 Å². The molecule has 0 atom stereocenters. The van der Waals surface area contributed by atoms with Crippen LogP contribution in [0.4, 0.5) is 11.9 Å². The maximum Gasteiger partial charge on any atom is 0.231 e. The SMILES string of the molecule is CCNc1nc(Cl)nc(N(C)Cc2ccsc2)n1. The Hall–Kier alpha value is -1.40. The van der Waals surface area contributed by atoms with Gasteiger partial charge in [0.25, 0.3) is 0 Å². The Labute approximate surface area is 115 Å². The van der Waals surface area contributed by atoms with Gasteiger partial charge in [-0.1, -0.05) is 0 Å². The van der Waals surface area contributed by atoms with Gasteiger partial charge in [0.2, 0.25) is 17.2 Å². The van der Waals surface area contributed by atoms with Gasteiger partial charge in [-0.15, -0.1) is 0 Å². The number of thiophene rings is 1. The van der Waals surface area contributed by atoms with Crippen LogP contribution in [0.1, 0.15) is 12.5 Å². The maximum atomic E-state index is 5.88. The quantitative estimate of drug-likeness (QED) is 0.914. The van der Waals surface area contributed by atoms with Crippen molar-refractivity contribution in [1.82, 2.24) is 15.0 Å². The van der Waals surface area contributed by atoms with Crippen LogP contribution < -0.4 is 10.2 Å². The van der Waals surface area contributed by atoms with Gasteiger partial charge >= 0.3 is 0 Å². The van der Waals surface area contributed by atoms with E-state index in [0.717, 1.165) is 13.1 Å². The van der Waals surface area contributed by atoms with Crippen LogP contribution in [0.3, 0.4) is 0 Å². The Bertz CT molecular complexity index is 502. The van der Waals surface area contributed by atoms with Crippen LogP contribution >= 0.6 is 22.9 Å². The first-order valence-electron chi connectivity index (χ1n) is 5.56. The molecule has 18 heavy (non-hydrogen) atoms. The smallest absolute Gasteiger partial charge is 0.231 e. The molecule has 0 spiro atoms. The number of halogens is 1. The predicted octanol–water partition coefficient (Wildman–Crippen LogP) is 2.65. The molecule has 0 unspecified atom stereocenters. The normalized spacial score (nSPS) is 10.4. The van der Waals surface area contributed by atoms with E-state index in [4.69, 9.17) is 11.6 Å². The minimum atomic E-state index is 0.202.